The second-order valence-electron chi connectivity index (χ2n) is 4.07. The maximum absolute atomic E-state index is 12.2. The minimum Gasteiger partial charge on any atom is -0.433 e. The lowest BCUT2D eigenvalue weighted by atomic mass is 9.94. The van der Waals surface area contributed by atoms with Crippen molar-refractivity contribution in [2.75, 3.05) is 5.32 Å². The summed E-state index contributed by atoms with van der Waals surface area (Å²) in [7, 11) is 0. The number of carbonyl (C=O) groups is 1. The third-order valence-electron chi connectivity index (χ3n) is 2.20. The molecule has 0 fully saturated rings. The van der Waals surface area contributed by atoms with Gasteiger partial charge in [0.25, 0.3) is 0 Å². The summed E-state index contributed by atoms with van der Waals surface area (Å²) < 4.78 is 28.6. The van der Waals surface area contributed by atoms with Crippen LogP contribution in [0.2, 0.25) is 0 Å². The Bertz CT molecular complexity index is 481. The van der Waals surface area contributed by atoms with Gasteiger partial charge in [-0.1, -0.05) is 12.1 Å². The van der Waals surface area contributed by atoms with Gasteiger partial charge in [0.05, 0.1) is 11.8 Å². The van der Waals surface area contributed by atoms with Crippen molar-refractivity contribution >= 4 is 11.6 Å². The van der Waals surface area contributed by atoms with Crippen molar-refractivity contribution in [2.24, 2.45) is 5.41 Å². The predicted molar refractivity (Wildman–Crippen MR) is 61.1 cm³/mol. The summed E-state index contributed by atoms with van der Waals surface area (Å²) in [6, 6.07) is 7.61. The van der Waals surface area contributed by atoms with E-state index < -0.39 is 17.9 Å². The number of nitrogens with one attached hydrogen (secondary N) is 1. The van der Waals surface area contributed by atoms with Gasteiger partial charge in [0.15, 0.2) is 0 Å². The van der Waals surface area contributed by atoms with Crippen molar-refractivity contribution in [1.29, 1.82) is 5.26 Å². The molecule has 1 rings (SSSR count). The van der Waals surface area contributed by atoms with Gasteiger partial charge < -0.3 is 10.1 Å². The van der Waals surface area contributed by atoms with Crippen LogP contribution < -0.4 is 10.1 Å². The quantitative estimate of drug-likeness (QED) is 0.898. The minimum atomic E-state index is -2.98. The Labute approximate surface area is 103 Å². The Morgan fingerprint density at radius 1 is 1.44 bits per heavy atom. The maximum atomic E-state index is 12.2. The lowest BCUT2D eigenvalue weighted by Gasteiger charge is -2.17. The standard InChI is InChI=1S/C12H12F2N2O2/c1-12(2,7-15)10(17)16-8-5-3-4-6-9(8)18-11(13)14/h3-6,11H,1-2H3,(H,16,17). The maximum Gasteiger partial charge on any atom is 0.387 e. The molecule has 0 unspecified atom stereocenters. The molecule has 0 spiro atoms. The normalized spacial score (nSPS) is 10.9. The molecule has 0 bridgehead atoms. The topological polar surface area (TPSA) is 62.1 Å². The molecular formula is C12H12F2N2O2. The molecule has 0 radical (unpaired) electrons. The van der Waals surface area contributed by atoms with Crippen LogP contribution >= 0.6 is 0 Å². The van der Waals surface area contributed by atoms with Gasteiger partial charge in [-0.3, -0.25) is 4.79 Å². The molecule has 18 heavy (non-hydrogen) atoms. The number of para-hydroxylation sites is 2. The number of hydrogen-bond acceptors (Lipinski definition) is 3. The Morgan fingerprint density at radius 3 is 2.61 bits per heavy atom. The summed E-state index contributed by atoms with van der Waals surface area (Å²) in [6.07, 6.45) is 0. The zero-order valence-electron chi connectivity index (χ0n) is 9.91. The van der Waals surface area contributed by atoms with Crippen LogP contribution in [0.1, 0.15) is 13.8 Å². The van der Waals surface area contributed by atoms with Crippen LogP contribution in [-0.4, -0.2) is 12.5 Å². The lowest BCUT2D eigenvalue weighted by Crippen LogP contribution is -2.29. The molecule has 1 aromatic rings. The van der Waals surface area contributed by atoms with E-state index in [1.54, 1.807) is 6.07 Å². The van der Waals surface area contributed by atoms with Gasteiger partial charge in [-0.15, -0.1) is 0 Å². The van der Waals surface area contributed by atoms with Crippen molar-refractivity contribution < 1.29 is 18.3 Å². The van der Waals surface area contributed by atoms with E-state index in [-0.39, 0.29) is 11.4 Å². The predicted octanol–water partition coefficient (Wildman–Crippen LogP) is 2.78. The van der Waals surface area contributed by atoms with Gasteiger partial charge in [-0.25, -0.2) is 0 Å². The number of nitrogens with zero attached hydrogens (tertiary/aromatic N) is 1. The monoisotopic (exact) mass is 254 g/mol. The van der Waals surface area contributed by atoms with E-state index in [0.29, 0.717) is 0 Å². The summed E-state index contributed by atoms with van der Waals surface area (Å²) in [4.78, 5) is 11.7. The Kier molecular flexibility index (Phi) is 4.21. The molecule has 0 aliphatic carbocycles. The Hall–Kier alpha value is -2.16. The smallest absolute Gasteiger partial charge is 0.387 e. The molecule has 1 amide bonds. The van der Waals surface area contributed by atoms with Crippen LogP contribution in [0, 0.1) is 16.7 Å². The van der Waals surface area contributed by atoms with Crippen LogP contribution in [-0.2, 0) is 4.79 Å². The molecule has 0 aliphatic rings. The fourth-order valence-electron chi connectivity index (χ4n) is 1.10. The molecule has 0 saturated heterocycles. The highest BCUT2D eigenvalue weighted by Crippen LogP contribution is 2.27. The van der Waals surface area contributed by atoms with Crippen LogP contribution in [0.4, 0.5) is 14.5 Å². The number of nitriles is 1. The largest absolute Gasteiger partial charge is 0.433 e. The average molecular weight is 254 g/mol. The van der Waals surface area contributed by atoms with E-state index in [0.717, 1.165) is 0 Å². The SMILES string of the molecule is CC(C)(C#N)C(=O)Nc1ccccc1OC(F)F. The van der Waals surface area contributed by atoms with Gasteiger partial charge in [-0.2, -0.15) is 14.0 Å². The number of rotatable bonds is 4. The van der Waals surface area contributed by atoms with E-state index >= 15 is 0 Å². The molecule has 0 heterocycles. The third kappa shape index (κ3) is 3.42. The van der Waals surface area contributed by atoms with Crippen LogP contribution in [0.3, 0.4) is 0 Å². The molecule has 0 aromatic heterocycles. The molecular weight excluding hydrogens is 242 g/mol. The lowest BCUT2D eigenvalue weighted by molar-refractivity contribution is -0.121. The molecule has 6 heteroatoms. The number of halogens is 2. The fraction of sp³-hybridized carbons (Fsp3) is 0.333. The Balaban J connectivity index is 2.92. The fourth-order valence-corrected chi connectivity index (χ4v) is 1.10. The zero-order chi connectivity index (χ0) is 13.8. The molecule has 4 nitrogen and oxygen atoms in total. The van der Waals surface area contributed by atoms with E-state index in [2.05, 4.69) is 10.1 Å². The first kappa shape index (κ1) is 13.9. The highest BCUT2D eigenvalue weighted by Gasteiger charge is 2.28. The highest BCUT2D eigenvalue weighted by molar-refractivity contribution is 5.97. The van der Waals surface area contributed by atoms with Gasteiger partial charge in [0, 0.05) is 0 Å². The summed E-state index contributed by atoms with van der Waals surface area (Å²) in [5, 5.41) is 11.2. The second kappa shape index (κ2) is 5.45. The van der Waals surface area contributed by atoms with E-state index in [1.165, 1.54) is 32.0 Å². The first-order valence-electron chi connectivity index (χ1n) is 5.13. The van der Waals surface area contributed by atoms with E-state index in [1.807, 2.05) is 6.07 Å². The van der Waals surface area contributed by atoms with E-state index in [9.17, 15) is 13.6 Å². The third-order valence-corrected chi connectivity index (χ3v) is 2.20. The summed E-state index contributed by atoms with van der Waals surface area (Å²) in [5.74, 6) is -0.732. The molecule has 0 saturated carbocycles. The molecule has 96 valence electrons. The van der Waals surface area contributed by atoms with Crippen LogP contribution in [0.15, 0.2) is 24.3 Å². The van der Waals surface area contributed by atoms with Gasteiger partial charge in [-0.05, 0) is 26.0 Å². The van der Waals surface area contributed by atoms with Gasteiger partial charge in [0.2, 0.25) is 5.91 Å². The van der Waals surface area contributed by atoms with Crippen molar-refractivity contribution in [1.82, 2.24) is 0 Å². The van der Waals surface area contributed by atoms with E-state index in [4.69, 9.17) is 5.26 Å². The van der Waals surface area contributed by atoms with Crippen LogP contribution in [0.25, 0.3) is 0 Å². The molecule has 1 aromatic carbocycles. The minimum absolute atomic E-state index is 0.103. The number of ether oxygens (including phenoxy) is 1. The van der Waals surface area contributed by atoms with Gasteiger partial charge >= 0.3 is 6.61 Å². The number of hydrogen-bond donors (Lipinski definition) is 1. The molecule has 0 atom stereocenters. The average Bonchev–Trinajstić information content (AvgIpc) is 2.31. The number of anilines is 1. The van der Waals surface area contributed by atoms with Crippen LogP contribution in [0.5, 0.6) is 5.75 Å². The number of benzene rings is 1. The van der Waals surface area contributed by atoms with Crippen molar-refractivity contribution in [2.45, 2.75) is 20.5 Å². The number of alkyl halides is 2. The zero-order valence-corrected chi connectivity index (χ0v) is 9.91. The molecule has 0 aliphatic heterocycles. The highest BCUT2D eigenvalue weighted by atomic mass is 19.3. The van der Waals surface area contributed by atoms with Crippen molar-refractivity contribution in [3.05, 3.63) is 24.3 Å². The van der Waals surface area contributed by atoms with Crippen molar-refractivity contribution in [3.8, 4) is 11.8 Å². The second-order valence-corrected chi connectivity index (χ2v) is 4.07. The van der Waals surface area contributed by atoms with Gasteiger partial charge in [0.1, 0.15) is 11.2 Å². The van der Waals surface area contributed by atoms with Crippen molar-refractivity contribution in [3.63, 3.8) is 0 Å². The summed E-state index contributed by atoms with van der Waals surface area (Å²) in [6.45, 7) is -0.121. The number of amides is 1. The Morgan fingerprint density at radius 2 is 2.06 bits per heavy atom. The number of carbonyl (C=O) groups excluding carboxylic acids is 1. The first-order valence-corrected chi connectivity index (χ1v) is 5.13. The summed E-state index contributed by atoms with van der Waals surface area (Å²) >= 11 is 0. The first-order chi connectivity index (χ1) is 8.36. The molecule has 1 N–H and O–H groups in total. The summed E-state index contributed by atoms with van der Waals surface area (Å²) in [5.41, 5.74) is -1.15.